The average molecular weight is 308 g/mol. The summed E-state index contributed by atoms with van der Waals surface area (Å²) >= 11 is 6.24. The van der Waals surface area contributed by atoms with Gasteiger partial charge in [0.05, 0.1) is 28.5 Å². The molecule has 1 fully saturated rings. The second-order valence-electron chi connectivity index (χ2n) is 5.69. The number of benzene rings is 1. The van der Waals surface area contributed by atoms with E-state index in [2.05, 4.69) is 29.7 Å². The molecular formula is C16H22ClN3O. The van der Waals surface area contributed by atoms with Gasteiger partial charge in [0.25, 0.3) is 0 Å². The van der Waals surface area contributed by atoms with E-state index in [1.54, 1.807) is 6.07 Å². The fourth-order valence-corrected chi connectivity index (χ4v) is 3.18. The molecule has 0 aliphatic carbocycles. The molecule has 0 spiro atoms. The molecule has 1 aliphatic heterocycles. The van der Waals surface area contributed by atoms with Crippen LogP contribution in [0.1, 0.15) is 19.4 Å². The number of para-hydroxylation sites is 1. The second-order valence-corrected chi connectivity index (χ2v) is 6.09. The average Bonchev–Trinajstić information content (AvgIpc) is 2.43. The maximum Gasteiger partial charge on any atom is 0.101 e. The van der Waals surface area contributed by atoms with Crippen molar-refractivity contribution >= 4 is 17.3 Å². The van der Waals surface area contributed by atoms with Crippen LogP contribution in [0.4, 0.5) is 5.69 Å². The zero-order valence-electron chi connectivity index (χ0n) is 12.8. The highest BCUT2D eigenvalue weighted by atomic mass is 35.5. The number of hydrogen-bond donors (Lipinski definition) is 0. The van der Waals surface area contributed by atoms with Gasteiger partial charge < -0.3 is 9.64 Å². The second kappa shape index (κ2) is 7.13. The monoisotopic (exact) mass is 307 g/mol. The van der Waals surface area contributed by atoms with Crippen LogP contribution in [0.5, 0.6) is 0 Å². The van der Waals surface area contributed by atoms with Crippen LogP contribution in [0.15, 0.2) is 18.2 Å². The summed E-state index contributed by atoms with van der Waals surface area (Å²) < 4.78 is 5.74. The first-order chi connectivity index (χ1) is 10.0. The molecule has 21 heavy (non-hydrogen) atoms. The summed E-state index contributed by atoms with van der Waals surface area (Å²) in [6, 6.07) is 7.65. The molecule has 0 bridgehead atoms. The lowest BCUT2D eigenvalue weighted by atomic mass is 10.1. The highest BCUT2D eigenvalue weighted by Gasteiger charge is 2.22. The molecule has 0 aromatic heterocycles. The van der Waals surface area contributed by atoms with Gasteiger partial charge in [-0.1, -0.05) is 17.7 Å². The van der Waals surface area contributed by atoms with E-state index >= 15 is 0 Å². The number of nitrogens with zero attached hydrogens (tertiary/aromatic N) is 3. The quantitative estimate of drug-likeness (QED) is 0.857. The Morgan fingerprint density at radius 3 is 2.67 bits per heavy atom. The summed E-state index contributed by atoms with van der Waals surface area (Å²) in [5.41, 5.74) is 1.43. The highest BCUT2D eigenvalue weighted by molar-refractivity contribution is 6.33. The molecule has 1 aromatic rings. The number of halogens is 1. The SMILES string of the molecule is C[C@@H]1CN(CCN(C)c2c(Cl)cccc2C#N)C[C@H](C)O1. The van der Waals surface area contributed by atoms with E-state index in [0.29, 0.717) is 10.6 Å². The number of anilines is 1. The van der Waals surface area contributed by atoms with Gasteiger partial charge in [0.2, 0.25) is 0 Å². The van der Waals surface area contributed by atoms with Crippen LogP contribution in [0.25, 0.3) is 0 Å². The van der Waals surface area contributed by atoms with Gasteiger partial charge >= 0.3 is 0 Å². The van der Waals surface area contributed by atoms with E-state index in [0.717, 1.165) is 31.9 Å². The molecular weight excluding hydrogens is 286 g/mol. The van der Waals surface area contributed by atoms with Gasteiger partial charge in [0.15, 0.2) is 0 Å². The predicted octanol–water partition coefficient (Wildman–Crippen LogP) is 2.76. The Labute approximate surface area is 131 Å². The number of ether oxygens (including phenoxy) is 1. The van der Waals surface area contributed by atoms with E-state index in [1.165, 1.54) is 0 Å². The van der Waals surface area contributed by atoms with Gasteiger partial charge in [-0.05, 0) is 26.0 Å². The van der Waals surface area contributed by atoms with Crippen molar-refractivity contribution in [2.45, 2.75) is 26.1 Å². The van der Waals surface area contributed by atoms with Gasteiger partial charge in [-0.2, -0.15) is 5.26 Å². The third-order valence-electron chi connectivity index (χ3n) is 3.74. The number of nitriles is 1. The number of rotatable bonds is 4. The minimum atomic E-state index is 0.272. The summed E-state index contributed by atoms with van der Waals surface area (Å²) in [6.07, 6.45) is 0.545. The Morgan fingerprint density at radius 2 is 2.05 bits per heavy atom. The van der Waals surface area contributed by atoms with Crippen molar-refractivity contribution in [3.63, 3.8) is 0 Å². The smallest absolute Gasteiger partial charge is 0.101 e. The van der Waals surface area contributed by atoms with Crippen LogP contribution in [-0.4, -0.2) is 50.3 Å². The summed E-state index contributed by atoms with van der Waals surface area (Å²) in [4.78, 5) is 4.46. The van der Waals surface area contributed by atoms with Crippen molar-refractivity contribution in [1.29, 1.82) is 5.26 Å². The number of morpholine rings is 1. The van der Waals surface area contributed by atoms with Crippen LogP contribution >= 0.6 is 11.6 Å². The summed E-state index contributed by atoms with van der Waals surface area (Å²) in [5.74, 6) is 0. The largest absolute Gasteiger partial charge is 0.373 e. The Bertz CT molecular complexity index is 519. The Kier molecular flexibility index (Phi) is 5.46. The standard InChI is InChI=1S/C16H22ClN3O/c1-12-10-20(11-13(2)21-12)8-7-19(3)16-14(9-18)5-4-6-15(16)17/h4-6,12-13H,7-8,10-11H2,1-3H3/t12-,13+. The van der Waals surface area contributed by atoms with E-state index in [4.69, 9.17) is 16.3 Å². The van der Waals surface area contributed by atoms with Crippen molar-refractivity contribution in [3.8, 4) is 6.07 Å². The molecule has 0 radical (unpaired) electrons. The number of likely N-dealkylation sites (N-methyl/N-ethyl adjacent to an activating group) is 1. The van der Waals surface area contributed by atoms with E-state index in [1.807, 2.05) is 19.2 Å². The fourth-order valence-electron chi connectivity index (χ4n) is 2.86. The molecule has 1 heterocycles. The maximum absolute atomic E-state index is 9.22. The molecule has 1 saturated heterocycles. The van der Waals surface area contributed by atoms with Crippen LogP contribution in [0.2, 0.25) is 5.02 Å². The first-order valence-electron chi connectivity index (χ1n) is 7.28. The van der Waals surface area contributed by atoms with Gasteiger partial charge in [0, 0.05) is 33.2 Å². The minimum absolute atomic E-state index is 0.272. The first-order valence-corrected chi connectivity index (χ1v) is 7.66. The Morgan fingerprint density at radius 1 is 1.38 bits per heavy atom. The normalized spacial score (nSPS) is 22.8. The third kappa shape index (κ3) is 4.10. The van der Waals surface area contributed by atoms with Gasteiger partial charge in [0.1, 0.15) is 6.07 Å². The van der Waals surface area contributed by atoms with Gasteiger partial charge in [-0.25, -0.2) is 0 Å². The molecule has 0 unspecified atom stereocenters. The molecule has 1 aromatic carbocycles. The van der Waals surface area contributed by atoms with Crippen molar-refractivity contribution in [3.05, 3.63) is 28.8 Å². The van der Waals surface area contributed by atoms with Crippen LogP contribution < -0.4 is 4.90 Å². The Hall–Kier alpha value is -1.28. The highest BCUT2D eigenvalue weighted by Crippen LogP contribution is 2.28. The molecule has 0 amide bonds. The fraction of sp³-hybridized carbons (Fsp3) is 0.562. The lowest BCUT2D eigenvalue weighted by Gasteiger charge is -2.36. The van der Waals surface area contributed by atoms with Crippen LogP contribution in [0.3, 0.4) is 0 Å². The summed E-state index contributed by atoms with van der Waals surface area (Å²) in [7, 11) is 1.98. The van der Waals surface area contributed by atoms with Crippen LogP contribution in [-0.2, 0) is 4.74 Å². The molecule has 114 valence electrons. The predicted molar refractivity (Wildman–Crippen MR) is 85.9 cm³/mol. The summed E-state index contributed by atoms with van der Waals surface area (Å²) in [5, 5.41) is 9.84. The number of hydrogen-bond acceptors (Lipinski definition) is 4. The molecule has 2 rings (SSSR count). The third-order valence-corrected chi connectivity index (χ3v) is 4.04. The zero-order chi connectivity index (χ0) is 15.4. The lowest BCUT2D eigenvalue weighted by Crippen LogP contribution is -2.47. The minimum Gasteiger partial charge on any atom is -0.373 e. The van der Waals surface area contributed by atoms with Crippen molar-refractivity contribution < 1.29 is 4.74 Å². The zero-order valence-corrected chi connectivity index (χ0v) is 13.6. The topological polar surface area (TPSA) is 39.5 Å². The van der Waals surface area contributed by atoms with Crippen molar-refractivity contribution in [1.82, 2.24) is 4.90 Å². The van der Waals surface area contributed by atoms with Gasteiger partial charge in [-0.15, -0.1) is 0 Å². The molecule has 4 nitrogen and oxygen atoms in total. The van der Waals surface area contributed by atoms with Crippen molar-refractivity contribution in [2.24, 2.45) is 0 Å². The van der Waals surface area contributed by atoms with Crippen molar-refractivity contribution in [2.75, 3.05) is 38.1 Å². The van der Waals surface area contributed by atoms with E-state index in [9.17, 15) is 5.26 Å². The van der Waals surface area contributed by atoms with Gasteiger partial charge in [-0.3, -0.25) is 4.90 Å². The molecule has 0 N–H and O–H groups in total. The maximum atomic E-state index is 9.22. The first kappa shape index (κ1) is 16.1. The molecule has 0 saturated carbocycles. The molecule has 2 atom stereocenters. The Balaban J connectivity index is 1.99. The van der Waals surface area contributed by atoms with E-state index in [-0.39, 0.29) is 12.2 Å². The molecule has 5 heteroatoms. The molecule has 1 aliphatic rings. The van der Waals surface area contributed by atoms with Crippen LogP contribution in [0, 0.1) is 11.3 Å². The van der Waals surface area contributed by atoms with E-state index < -0.39 is 0 Å². The lowest BCUT2D eigenvalue weighted by molar-refractivity contribution is -0.0670. The summed E-state index contributed by atoms with van der Waals surface area (Å²) in [6.45, 7) is 7.88.